The lowest BCUT2D eigenvalue weighted by molar-refractivity contribution is -0.120. The predicted molar refractivity (Wildman–Crippen MR) is 89.1 cm³/mol. The van der Waals surface area contributed by atoms with Crippen molar-refractivity contribution in [3.05, 3.63) is 54.1 Å². The molecule has 1 aliphatic heterocycles. The molecule has 23 heavy (non-hydrogen) atoms. The lowest BCUT2D eigenvalue weighted by atomic mass is 10.2. The van der Waals surface area contributed by atoms with Gasteiger partial charge in [-0.15, -0.1) is 11.8 Å². The number of carbonyl (C=O) groups is 2. The van der Waals surface area contributed by atoms with Crippen LogP contribution in [0.5, 0.6) is 0 Å². The minimum atomic E-state index is -0.487. The number of carbonyl (C=O) groups excluding carboxylic acids is 2. The molecular formula is C17H13N3O2S. The molecule has 0 fully saturated rings. The lowest BCUT2D eigenvalue weighted by Crippen LogP contribution is -2.32. The molecule has 0 radical (unpaired) electrons. The summed E-state index contributed by atoms with van der Waals surface area (Å²) in [5.74, 6) is -0.475. The van der Waals surface area contributed by atoms with Crippen molar-refractivity contribution in [1.29, 1.82) is 5.26 Å². The molecule has 1 atom stereocenters. The third-order valence-electron chi connectivity index (χ3n) is 3.40. The number of anilines is 2. The minimum Gasteiger partial charge on any atom is -0.325 e. The highest BCUT2D eigenvalue weighted by Crippen LogP contribution is 2.36. The topological polar surface area (TPSA) is 82.0 Å². The lowest BCUT2D eigenvalue weighted by Gasteiger charge is -2.23. The van der Waals surface area contributed by atoms with Gasteiger partial charge in [0.2, 0.25) is 11.8 Å². The Morgan fingerprint density at radius 1 is 1.22 bits per heavy atom. The van der Waals surface area contributed by atoms with Crippen molar-refractivity contribution >= 4 is 35.0 Å². The second-order valence-electron chi connectivity index (χ2n) is 5.00. The maximum atomic E-state index is 12.2. The van der Waals surface area contributed by atoms with Crippen molar-refractivity contribution in [2.45, 2.75) is 16.6 Å². The van der Waals surface area contributed by atoms with Crippen LogP contribution < -0.4 is 10.6 Å². The normalized spacial score (nSPS) is 16.0. The second-order valence-corrected chi connectivity index (χ2v) is 6.25. The van der Waals surface area contributed by atoms with E-state index in [-0.39, 0.29) is 18.2 Å². The summed E-state index contributed by atoms with van der Waals surface area (Å²) in [4.78, 5) is 25.2. The maximum Gasteiger partial charge on any atom is 0.238 e. The molecule has 0 saturated heterocycles. The van der Waals surface area contributed by atoms with Gasteiger partial charge in [0, 0.05) is 11.3 Å². The number of para-hydroxylation sites is 2. The van der Waals surface area contributed by atoms with Gasteiger partial charge in [0.15, 0.2) is 0 Å². The Balaban J connectivity index is 1.69. The molecule has 0 spiro atoms. The summed E-state index contributed by atoms with van der Waals surface area (Å²) in [6.45, 7) is 0. The number of amides is 2. The van der Waals surface area contributed by atoms with E-state index in [9.17, 15) is 9.59 Å². The summed E-state index contributed by atoms with van der Waals surface area (Å²) < 4.78 is 0. The summed E-state index contributed by atoms with van der Waals surface area (Å²) in [6.07, 6.45) is 0.0462. The van der Waals surface area contributed by atoms with Crippen molar-refractivity contribution < 1.29 is 9.59 Å². The van der Waals surface area contributed by atoms with E-state index in [1.54, 1.807) is 24.3 Å². The molecule has 0 unspecified atom stereocenters. The Morgan fingerprint density at radius 3 is 2.78 bits per heavy atom. The van der Waals surface area contributed by atoms with Crippen LogP contribution in [0, 0.1) is 11.3 Å². The van der Waals surface area contributed by atoms with Crippen LogP contribution in [0.2, 0.25) is 0 Å². The Morgan fingerprint density at radius 2 is 1.96 bits per heavy atom. The van der Waals surface area contributed by atoms with Crippen molar-refractivity contribution in [2.75, 3.05) is 10.6 Å². The van der Waals surface area contributed by atoms with E-state index in [1.165, 1.54) is 11.8 Å². The summed E-state index contributed by atoms with van der Waals surface area (Å²) in [6, 6.07) is 16.3. The number of fused-ring (bicyclic) bond motifs is 1. The molecule has 6 heteroatoms. The highest BCUT2D eigenvalue weighted by molar-refractivity contribution is 8.01. The number of hydrogen-bond donors (Lipinski definition) is 2. The van der Waals surface area contributed by atoms with Gasteiger partial charge in [-0.1, -0.05) is 24.3 Å². The van der Waals surface area contributed by atoms with Gasteiger partial charge in [-0.05, 0) is 24.3 Å². The molecule has 2 aromatic carbocycles. The van der Waals surface area contributed by atoms with Gasteiger partial charge in [0.1, 0.15) is 6.07 Å². The average molecular weight is 323 g/mol. The fourth-order valence-corrected chi connectivity index (χ4v) is 3.40. The highest BCUT2D eigenvalue weighted by Gasteiger charge is 2.28. The zero-order valence-corrected chi connectivity index (χ0v) is 12.9. The first kappa shape index (κ1) is 15.1. The number of nitrogens with zero attached hydrogens (tertiary/aromatic N) is 1. The molecule has 0 bridgehead atoms. The van der Waals surface area contributed by atoms with E-state index in [2.05, 4.69) is 10.6 Å². The van der Waals surface area contributed by atoms with Crippen LogP contribution in [0.15, 0.2) is 53.4 Å². The fourth-order valence-electron chi connectivity index (χ4n) is 2.29. The zero-order valence-electron chi connectivity index (χ0n) is 12.1. The standard InChI is InChI=1S/C17H13N3O2S/c18-10-11-5-1-2-6-12(11)19-16(21)9-15-17(22)20-13-7-3-4-8-14(13)23-15/h1-8,15H,9H2,(H,19,21)(H,20,22)/t15-/m1/s1. The van der Waals surface area contributed by atoms with E-state index in [0.717, 1.165) is 10.6 Å². The summed E-state index contributed by atoms with van der Waals surface area (Å²) in [5, 5.41) is 14.1. The predicted octanol–water partition coefficient (Wildman–Crippen LogP) is 3.00. The van der Waals surface area contributed by atoms with Crippen molar-refractivity contribution in [3.63, 3.8) is 0 Å². The first-order valence-corrected chi connectivity index (χ1v) is 7.91. The number of hydrogen-bond acceptors (Lipinski definition) is 4. The van der Waals surface area contributed by atoms with Gasteiger partial charge in [0.05, 0.1) is 22.2 Å². The first-order valence-electron chi connectivity index (χ1n) is 7.03. The van der Waals surface area contributed by atoms with Crippen LogP contribution in [-0.2, 0) is 9.59 Å². The largest absolute Gasteiger partial charge is 0.325 e. The minimum absolute atomic E-state index is 0.0462. The molecule has 1 heterocycles. The third-order valence-corrected chi connectivity index (χ3v) is 4.67. The Hall–Kier alpha value is -2.78. The SMILES string of the molecule is N#Cc1ccccc1NC(=O)C[C@H]1Sc2ccccc2NC1=O. The summed E-state index contributed by atoms with van der Waals surface area (Å²) in [7, 11) is 0. The van der Waals surface area contributed by atoms with Crippen LogP contribution in [0.4, 0.5) is 11.4 Å². The number of nitriles is 1. The van der Waals surface area contributed by atoms with Gasteiger partial charge in [-0.25, -0.2) is 0 Å². The Bertz CT molecular complexity index is 813. The molecule has 5 nitrogen and oxygen atoms in total. The monoisotopic (exact) mass is 323 g/mol. The number of nitrogens with one attached hydrogen (secondary N) is 2. The molecule has 114 valence electrons. The summed E-state index contributed by atoms with van der Waals surface area (Å²) in [5.41, 5.74) is 1.63. The molecule has 0 aromatic heterocycles. The van der Waals surface area contributed by atoms with Crippen molar-refractivity contribution in [1.82, 2.24) is 0 Å². The molecule has 0 aliphatic carbocycles. The molecule has 2 N–H and O–H groups in total. The average Bonchev–Trinajstić information content (AvgIpc) is 2.56. The molecule has 2 amide bonds. The fraction of sp³-hybridized carbons (Fsp3) is 0.118. The maximum absolute atomic E-state index is 12.2. The van der Waals surface area contributed by atoms with Crippen molar-refractivity contribution in [3.8, 4) is 6.07 Å². The highest BCUT2D eigenvalue weighted by atomic mass is 32.2. The van der Waals surface area contributed by atoms with Crippen LogP contribution in [0.1, 0.15) is 12.0 Å². The summed E-state index contributed by atoms with van der Waals surface area (Å²) >= 11 is 1.38. The molecule has 3 rings (SSSR count). The van der Waals surface area contributed by atoms with Gasteiger partial charge < -0.3 is 10.6 Å². The van der Waals surface area contributed by atoms with Gasteiger partial charge >= 0.3 is 0 Å². The smallest absolute Gasteiger partial charge is 0.238 e. The van der Waals surface area contributed by atoms with Crippen LogP contribution in [0.25, 0.3) is 0 Å². The van der Waals surface area contributed by atoms with Gasteiger partial charge in [0.25, 0.3) is 0 Å². The molecule has 2 aromatic rings. The van der Waals surface area contributed by atoms with Crippen LogP contribution in [-0.4, -0.2) is 17.1 Å². The zero-order chi connectivity index (χ0) is 16.2. The van der Waals surface area contributed by atoms with Gasteiger partial charge in [-0.3, -0.25) is 9.59 Å². The Labute approximate surface area is 137 Å². The van der Waals surface area contributed by atoms with Gasteiger partial charge in [-0.2, -0.15) is 5.26 Å². The van der Waals surface area contributed by atoms with Crippen molar-refractivity contribution in [2.24, 2.45) is 0 Å². The number of rotatable bonds is 3. The van der Waals surface area contributed by atoms with E-state index >= 15 is 0 Å². The third kappa shape index (κ3) is 3.35. The van der Waals surface area contributed by atoms with E-state index in [1.807, 2.05) is 30.3 Å². The Kier molecular flexibility index (Phi) is 4.31. The van der Waals surface area contributed by atoms with E-state index in [4.69, 9.17) is 5.26 Å². The first-order chi connectivity index (χ1) is 11.2. The van der Waals surface area contributed by atoms with E-state index in [0.29, 0.717) is 11.3 Å². The number of thioether (sulfide) groups is 1. The quantitative estimate of drug-likeness (QED) is 0.909. The van der Waals surface area contributed by atoms with Crippen LogP contribution >= 0.6 is 11.8 Å². The molecule has 0 saturated carbocycles. The number of benzene rings is 2. The van der Waals surface area contributed by atoms with Crippen LogP contribution in [0.3, 0.4) is 0 Å². The molecule has 1 aliphatic rings. The molecular weight excluding hydrogens is 310 g/mol. The van der Waals surface area contributed by atoms with E-state index < -0.39 is 5.25 Å². The second kappa shape index (κ2) is 6.55.